The molecule has 2 aromatic carbocycles. The Morgan fingerprint density at radius 3 is 2.19 bits per heavy atom. The SMILES string of the molecule is C[C@@H](NC(=O)NCc1ccc(N(C)C)cc1)c1ccc(NC(N)=O)cc1. The van der Waals surface area contributed by atoms with Gasteiger partial charge in [-0.1, -0.05) is 24.3 Å². The van der Waals surface area contributed by atoms with Crippen molar-refractivity contribution in [1.29, 1.82) is 0 Å². The van der Waals surface area contributed by atoms with Crippen LogP contribution in [0, 0.1) is 0 Å². The molecule has 138 valence electrons. The molecule has 1 atom stereocenters. The lowest BCUT2D eigenvalue weighted by Crippen LogP contribution is -2.36. The van der Waals surface area contributed by atoms with Crippen molar-refractivity contribution in [1.82, 2.24) is 10.6 Å². The summed E-state index contributed by atoms with van der Waals surface area (Å²) in [7, 11) is 3.97. The Kier molecular flexibility index (Phi) is 6.43. The van der Waals surface area contributed by atoms with Crippen LogP contribution in [0.5, 0.6) is 0 Å². The fraction of sp³-hybridized carbons (Fsp3) is 0.263. The fourth-order valence-electron chi connectivity index (χ4n) is 2.42. The van der Waals surface area contributed by atoms with Crippen molar-refractivity contribution in [2.45, 2.75) is 19.5 Å². The second-order valence-electron chi connectivity index (χ2n) is 6.22. The Balaban J connectivity index is 1.83. The molecule has 0 unspecified atom stereocenters. The molecule has 0 fully saturated rings. The highest BCUT2D eigenvalue weighted by molar-refractivity contribution is 5.87. The molecule has 5 N–H and O–H groups in total. The van der Waals surface area contributed by atoms with Crippen molar-refractivity contribution in [3.63, 3.8) is 0 Å². The average Bonchev–Trinajstić information content (AvgIpc) is 2.60. The first-order valence-corrected chi connectivity index (χ1v) is 8.32. The number of nitrogens with one attached hydrogen (secondary N) is 3. The summed E-state index contributed by atoms with van der Waals surface area (Å²) in [6.45, 7) is 2.34. The number of nitrogens with two attached hydrogens (primary N) is 1. The first kappa shape index (κ1) is 19.1. The minimum absolute atomic E-state index is 0.172. The van der Waals surface area contributed by atoms with Crippen molar-refractivity contribution in [2.24, 2.45) is 5.73 Å². The van der Waals surface area contributed by atoms with Crippen LogP contribution in [0.2, 0.25) is 0 Å². The molecule has 4 amide bonds. The number of urea groups is 2. The van der Waals surface area contributed by atoms with Gasteiger partial charge in [0.15, 0.2) is 0 Å². The predicted molar refractivity (Wildman–Crippen MR) is 104 cm³/mol. The smallest absolute Gasteiger partial charge is 0.316 e. The lowest BCUT2D eigenvalue weighted by molar-refractivity contribution is 0.237. The topological polar surface area (TPSA) is 99.5 Å². The van der Waals surface area contributed by atoms with E-state index in [1.165, 1.54) is 0 Å². The molecular weight excluding hydrogens is 330 g/mol. The van der Waals surface area contributed by atoms with Crippen molar-refractivity contribution >= 4 is 23.4 Å². The van der Waals surface area contributed by atoms with Gasteiger partial charge in [0.2, 0.25) is 0 Å². The first-order chi connectivity index (χ1) is 12.3. The Hall–Kier alpha value is -3.22. The molecular formula is C19H25N5O2. The molecule has 0 saturated heterocycles. The molecule has 0 aliphatic heterocycles. The minimum Gasteiger partial charge on any atom is -0.378 e. The highest BCUT2D eigenvalue weighted by atomic mass is 16.2. The maximum atomic E-state index is 12.1. The van der Waals surface area contributed by atoms with Gasteiger partial charge in [0.25, 0.3) is 0 Å². The lowest BCUT2D eigenvalue weighted by atomic mass is 10.1. The molecule has 0 heterocycles. The van der Waals surface area contributed by atoms with Crippen molar-refractivity contribution in [2.75, 3.05) is 24.3 Å². The molecule has 0 spiro atoms. The summed E-state index contributed by atoms with van der Waals surface area (Å²) >= 11 is 0. The summed E-state index contributed by atoms with van der Waals surface area (Å²) in [5.41, 5.74) is 8.75. The zero-order valence-electron chi connectivity index (χ0n) is 15.2. The number of hydrogen-bond acceptors (Lipinski definition) is 3. The normalized spacial score (nSPS) is 11.3. The number of carbonyl (C=O) groups excluding carboxylic acids is 2. The largest absolute Gasteiger partial charge is 0.378 e. The van der Waals surface area contributed by atoms with Gasteiger partial charge in [0.05, 0.1) is 6.04 Å². The maximum Gasteiger partial charge on any atom is 0.316 e. The van der Waals surface area contributed by atoms with E-state index in [4.69, 9.17) is 5.73 Å². The number of nitrogens with zero attached hydrogens (tertiary/aromatic N) is 1. The Morgan fingerprint density at radius 2 is 1.65 bits per heavy atom. The van der Waals surface area contributed by atoms with E-state index >= 15 is 0 Å². The summed E-state index contributed by atoms with van der Waals surface area (Å²) < 4.78 is 0. The van der Waals surface area contributed by atoms with E-state index in [2.05, 4.69) is 16.0 Å². The lowest BCUT2D eigenvalue weighted by Gasteiger charge is -2.16. The summed E-state index contributed by atoms with van der Waals surface area (Å²) in [6.07, 6.45) is 0. The Bertz CT molecular complexity index is 742. The van der Waals surface area contributed by atoms with Crippen LogP contribution in [0.3, 0.4) is 0 Å². The minimum atomic E-state index is -0.609. The van der Waals surface area contributed by atoms with Crippen molar-refractivity contribution in [3.05, 3.63) is 59.7 Å². The Labute approximate surface area is 153 Å². The Morgan fingerprint density at radius 1 is 1.04 bits per heavy atom. The quantitative estimate of drug-likeness (QED) is 0.641. The maximum absolute atomic E-state index is 12.1. The molecule has 2 rings (SSSR count). The number of hydrogen-bond donors (Lipinski definition) is 4. The number of benzene rings is 2. The summed E-state index contributed by atoms with van der Waals surface area (Å²) in [5, 5.41) is 8.23. The van der Waals surface area contributed by atoms with Gasteiger partial charge in [0, 0.05) is 32.0 Å². The third-order valence-corrected chi connectivity index (χ3v) is 3.93. The highest BCUT2D eigenvalue weighted by Crippen LogP contribution is 2.16. The molecule has 0 radical (unpaired) electrons. The second-order valence-corrected chi connectivity index (χ2v) is 6.22. The highest BCUT2D eigenvalue weighted by Gasteiger charge is 2.09. The predicted octanol–water partition coefficient (Wildman–Crippen LogP) is 2.80. The number of rotatable bonds is 6. The van der Waals surface area contributed by atoms with Gasteiger partial charge >= 0.3 is 12.1 Å². The van der Waals surface area contributed by atoms with E-state index in [0.717, 1.165) is 16.8 Å². The molecule has 26 heavy (non-hydrogen) atoms. The van der Waals surface area contributed by atoms with Gasteiger partial charge in [-0.3, -0.25) is 0 Å². The van der Waals surface area contributed by atoms with Gasteiger partial charge in [-0.05, 0) is 42.3 Å². The van der Waals surface area contributed by atoms with Gasteiger partial charge in [0.1, 0.15) is 0 Å². The van der Waals surface area contributed by atoms with E-state index in [9.17, 15) is 9.59 Å². The van der Waals surface area contributed by atoms with E-state index in [1.54, 1.807) is 12.1 Å². The zero-order chi connectivity index (χ0) is 19.1. The summed E-state index contributed by atoms with van der Waals surface area (Å²) in [6, 6.07) is 14.1. The van der Waals surface area contributed by atoms with Crippen LogP contribution in [0.1, 0.15) is 24.1 Å². The van der Waals surface area contributed by atoms with Gasteiger partial charge in [-0.25, -0.2) is 9.59 Å². The molecule has 0 bridgehead atoms. The molecule has 0 aliphatic carbocycles. The number of primary amides is 1. The number of anilines is 2. The van der Waals surface area contributed by atoms with Crippen LogP contribution in [0.25, 0.3) is 0 Å². The molecule has 0 aromatic heterocycles. The van der Waals surface area contributed by atoms with Gasteiger partial charge in [-0.15, -0.1) is 0 Å². The van der Waals surface area contributed by atoms with Crippen LogP contribution >= 0.6 is 0 Å². The number of carbonyl (C=O) groups is 2. The van der Waals surface area contributed by atoms with E-state index in [0.29, 0.717) is 12.2 Å². The fourth-order valence-corrected chi connectivity index (χ4v) is 2.42. The molecule has 7 heteroatoms. The van der Waals surface area contributed by atoms with Crippen LogP contribution in [-0.4, -0.2) is 26.2 Å². The standard InChI is InChI=1S/C19H25N5O2/c1-13(15-6-8-16(9-7-15)23-18(20)25)22-19(26)21-12-14-4-10-17(11-5-14)24(2)3/h4-11,13H,12H2,1-3H3,(H3,20,23,25)(H2,21,22,26)/t13-/m1/s1. The third kappa shape index (κ3) is 5.70. The number of amides is 4. The third-order valence-electron chi connectivity index (χ3n) is 3.93. The average molecular weight is 355 g/mol. The van der Waals surface area contributed by atoms with E-state index in [-0.39, 0.29) is 12.1 Å². The van der Waals surface area contributed by atoms with E-state index < -0.39 is 6.03 Å². The van der Waals surface area contributed by atoms with Crippen LogP contribution in [0.4, 0.5) is 21.0 Å². The molecule has 2 aromatic rings. The van der Waals surface area contributed by atoms with Gasteiger partial charge < -0.3 is 26.6 Å². The van der Waals surface area contributed by atoms with Crippen LogP contribution in [0.15, 0.2) is 48.5 Å². The monoisotopic (exact) mass is 355 g/mol. The van der Waals surface area contributed by atoms with E-state index in [1.807, 2.05) is 62.3 Å². The summed E-state index contributed by atoms with van der Waals surface area (Å²) in [4.78, 5) is 24.9. The van der Waals surface area contributed by atoms with Gasteiger partial charge in [-0.2, -0.15) is 0 Å². The summed E-state index contributed by atoms with van der Waals surface area (Å²) in [5.74, 6) is 0. The van der Waals surface area contributed by atoms with Crippen LogP contribution in [-0.2, 0) is 6.54 Å². The van der Waals surface area contributed by atoms with Crippen molar-refractivity contribution < 1.29 is 9.59 Å². The molecule has 7 nitrogen and oxygen atoms in total. The van der Waals surface area contributed by atoms with Crippen molar-refractivity contribution in [3.8, 4) is 0 Å². The molecule has 0 saturated carbocycles. The molecule has 0 aliphatic rings. The zero-order valence-corrected chi connectivity index (χ0v) is 15.2. The second kappa shape index (κ2) is 8.75. The first-order valence-electron chi connectivity index (χ1n) is 8.32. The van der Waals surface area contributed by atoms with Crippen LogP contribution < -0.4 is 26.6 Å².